The fraction of sp³-hybridized carbons (Fsp3) is 0.600. The summed E-state index contributed by atoms with van der Waals surface area (Å²) in [5, 5.41) is 3.47. The standard InChI is InChI=1S/C10H16BrN5/c1-10(4-2-3-5-10)15-8-7(11)6-13-9(14-8)16-12/h6H,2-5,12H2,1H3,(H2,13,14,15,16). The molecule has 0 radical (unpaired) electrons. The Morgan fingerprint density at radius 1 is 1.44 bits per heavy atom. The van der Waals surface area contributed by atoms with Crippen molar-refractivity contribution >= 4 is 27.7 Å². The number of hydrazine groups is 1. The third-order valence-electron chi connectivity index (χ3n) is 3.00. The number of nitrogen functional groups attached to an aromatic ring is 1. The van der Waals surface area contributed by atoms with Gasteiger partial charge in [0.1, 0.15) is 5.82 Å². The van der Waals surface area contributed by atoms with E-state index < -0.39 is 0 Å². The summed E-state index contributed by atoms with van der Waals surface area (Å²) < 4.78 is 0.861. The monoisotopic (exact) mass is 285 g/mol. The van der Waals surface area contributed by atoms with Crippen LogP contribution in [0.2, 0.25) is 0 Å². The van der Waals surface area contributed by atoms with Crippen LogP contribution in [0.4, 0.5) is 11.8 Å². The van der Waals surface area contributed by atoms with Crippen LogP contribution in [0.3, 0.4) is 0 Å². The number of anilines is 2. The molecule has 0 amide bonds. The molecule has 6 heteroatoms. The van der Waals surface area contributed by atoms with Gasteiger partial charge in [-0.05, 0) is 35.7 Å². The van der Waals surface area contributed by atoms with Gasteiger partial charge >= 0.3 is 0 Å². The van der Waals surface area contributed by atoms with Crippen LogP contribution in [0.5, 0.6) is 0 Å². The molecule has 0 aliphatic heterocycles. The molecule has 0 spiro atoms. The number of nitrogens with one attached hydrogen (secondary N) is 2. The molecular weight excluding hydrogens is 270 g/mol. The second kappa shape index (κ2) is 4.55. The first-order valence-corrected chi connectivity index (χ1v) is 6.20. The van der Waals surface area contributed by atoms with Gasteiger partial charge < -0.3 is 5.32 Å². The summed E-state index contributed by atoms with van der Waals surface area (Å²) in [6.07, 6.45) is 6.59. The Morgan fingerprint density at radius 2 is 2.12 bits per heavy atom. The first kappa shape index (κ1) is 11.6. The second-order valence-corrected chi connectivity index (χ2v) is 5.28. The van der Waals surface area contributed by atoms with Gasteiger partial charge in [0, 0.05) is 11.7 Å². The van der Waals surface area contributed by atoms with Crippen LogP contribution in [0, 0.1) is 0 Å². The molecule has 0 bridgehead atoms. The maximum atomic E-state index is 5.29. The molecule has 4 N–H and O–H groups in total. The van der Waals surface area contributed by atoms with Crippen molar-refractivity contribution in [3.05, 3.63) is 10.7 Å². The van der Waals surface area contributed by atoms with Crippen molar-refractivity contribution in [3.63, 3.8) is 0 Å². The predicted molar refractivity (Wildman–Crippen MR) is 68.0 cm³/mol. The van der Waals surface area contributed by atoms with Crippen LogP contribution < -0.4 is 16.6 Å². The molecule has 1 aromatic heterocycles. The molecule has 5 nitrogen and oxygen atoms in total. The van der Waals surface area contributed by atoms with Crippen molar-refractivity contribution in [2.75, 3.05) is 10.7 Å². The molecule has 2 rings (SSSR count). The molecular formula is C10H16BrN5. The summed E-state index contributed by atoms with van der Waals surface area (Å²) in [5.74, 6) is 6.51. The fourth-order valence-corrected chi connectivity index (χ4v) is 2.38. The lowest BCUT2D eigenvalue weighted by atomic mass is 10.0. The summed E-state index contributed by atoms with van der Waals surface area (Å²) in [6.45, 7) is 2.23. The van der Waals surface area contributed by atoms with Gasteiger partial charge in [0.25, 0.3) is 0 Å². The van der Waals surface area contributed by atoms with Crippen molar-refractivity contribution in [2.24, 2.45) is 5.84 Å². The van der Waals surface area contributed by atoms with E-state index in [9.17, 15) is 0 Å². The van der Waals surface area contributed by atoms with Gasteiger partial charge in [-0.25, -0.2) is 10.8 Å². The lowest BCUT2D eigenvalue weighted by Crippen LogP contribution is -2.31. The van der Waals surface area contributed by atoms with Crippen LogP contribution in [-0.4, -0.2) is 15.5 Å². The summed E-state index contributed by atoms with van der Waals surface area (Å²) >= 11 is 3.43. The number of halogens is 1. The molecule has 1 aliphatic carbocycles. The van der Waals surface area contributed by atoms with E-state index in [0.29, 0.717) is 5.95 Å². The Labute approximate surface area is 103 Å². The Bertz CT molecular complexity index is 375. The van der Waals surface area contributed by atoms with Gasteiger partial charge in [0.05, 0.1) is 4.47 Å². The Kier molecular flexibility index (Phi) is 3.30. The number of nitrogens with zero attached hydrogens (tertiary/aromatic N) is 2. The third-order valence-corrected chi connectivity index (χ3v) is 3.58. The molecule has 1 heterocycles. The van der Waals surface area contributed by atoms with E-state index >= 15 is 0 Å². The van der Waals surface area contributed by atoms with Crippen molar-refractivity contribution in [1.29, 1.82) is 0 Å². The number of rotatable bonds is 3. The van der Waals surface area contributed by atoms with Gasteiger partial charge in [-0.15, -0.1) is 0 Å². The van der Waals surface area contributed by atoms with E-state index in [1.807, 2.05) is 0 Å². The molecule has 0 unspecified atom stereocenters. The summed E-state index contributed by atoms with van der Waals surface area (Å²) in [6, 6.07) is 0. The highest BCUT2D eigenvalue weighted by Crippen LogP contribution is 2.34. The molecule has 1 aliphatic rings. The third kappa shape index (κ3) is 2.44. The predicted octanol–water partition coefficient (Wildman–Crippen LogP) is 2.27. The molecule has 16 heavy (non-hydrogen) atoms. The highest BCUT2D eigenvalue weighted by Gasteiger charge is 2.29. The molecule has 1 saturated carbocycles. The molecule has 0 saturated heterocycles. The first-order chi connectivity index (χ1) is 7.63. The van der Waals surface area contributed by atoms with E-state index in [-0.39, 0.29) is 5.54 Å². The fourth-order valence-electron chi connectivity index (χ4n) is 2.09. The van der Waals surface area contributed by atoms with Crippen molar-refractivity contribution < 1.29 is 0 Å². The zero-order chi connectivity index (χ0) is 11.6. The zero-order valence-corrected chi connectivity index (χ0v) is 10.8. The van der Waals surface area contributed by atoms with Crippen LogP contribution in [-0.2, 0) is 0 Å². The van der Waals surface area contributed by atoms with Crippen LogP contribution >= 0.6 is 15.9 Å². The molecule has 0 atom stereocenters. The van der Waals surface area contributed by atoms with Gasteiger partial charge in [-0.1, -0.05) is 12.8 Å². The van der Waals surface area contributed by atoms with E-state index in [1.165, 1.54) is 25.7 Å². The Morgan fingerprint density at radius 3 is 2.75 bits per heavy atom. The number of hydrogen-bond donors (Lipinski definition) is 3. The number of nitrogens with two attached hydrogens (primary N) is 1. The van der Waals surface area contributed by atoms with Crippen LogP contribution in [0.15, 0.2) is 10.7 Å². The molecule has 1 fully saturated rings. The van der Waals surface area contributed by atoms with Crippen LogP contribution in [0.1, 0.15) is 32.6 Å². The lowest BCUT2D eigenvalue weighted by Gasteiger charge is -2.26. The SMILES string of the molecule is CC1(Nc2nc(NN)ncc2Br)CCCC1. The number of aromatic nitrogens is 2. The molecule has 1 aromatic rings. The molecule has 88 valence electrons. The minimum absolute atomic E-state index is 0.142. The van der Waals surface area contributed by atoms with Gasteiger partial charge in [0.2, 0.25) is 5.95 Å². The highest BCUT2D eigenvalue weighted by molar-refractivity contribution is 9.10. The summed E-state index contributed by atoms with van der Waals surface area (Å²) in [5.41, 5.74) is 2.59. The molecule has 0 aromatic carbocycles. The minimum atomic E-state index is 0.142. The highest BCUT2D eigenvalue weighted by atomic mass is 79.9. The summed E-state index contributed by atoms with van der Waals surface area (Å²) in [4.78, 5) is 8.31. The lowest BCUT2D eigenvalue weighted by molar-refractivity contribution is 0.530. The van der Waals surface area contributed by atoms with E-state index in [4.69, 9.17) is 5.84 Å². The topological polar surface area (TPSA) is 75.9 Å². The average molecular weight is 286 g/mol. The summed E-state index contributed by atoms with van der Waals surface area (Å²) in [7, 11) is 0. The van der Waals surface area contributed by atoms with Crippen LogP contribution in [0.25, 0.3) is 0 Å². The average Bonchev–Trinajstić information content (AvgIpc) is 2.68. The van der Waals surface area contributed by atoms with Gasteiger partial charge in [-0.3, -0.25) is 5.43 Å². The smallest absolute Gasteiger partial charge is 0.239 e. The Hall–Kier alpha value is -0.880. The maximum Gasteiger partial charge on any atom is 0.239 e. The maximum absolute atomic E-state index is 5.29. The number of hydrogen-bond acceptors (Lipinski definition) is 5. The van der Waals surface area contributed by atoms with Crippen molar-refractivity contribution in [1.82, 2.24) is 9.97 Å². The minimum Gasteiger partial charge on any atom is -0.364 e. The first-order valence-electron chi connectivity index (χ1n) is 5.40. The van der Waals surface area contributed by atoms with E-state index in [1.54, 1.807) is 6.20 Å². The van der Waals surface area contributed by atoms with E-state index in [0.717, 1.165) is 10.3 Å². The zero-order valence-electron chi connectivity index (χ0n) is 9.26. The van der Waals surface area contributed by atoms with E-state index in [2.05, 4.69) is 43.6 Å². The van der Waals surface area contributed by atoms with Crippen molar-refractivity contribution in [2.45, 2.75) is 38.1 Å². The Balaban J connectivity index is 2.19. The second-order valence-electron chi connectivity index (χ2n) is 4.43. The van der Waals surface area contributed by atoms with Crippen molar-refractivity contribution in [3.8, 4) is 0 Å². The quantitative estimate of drug-likeness (QED) is 0.587. The van der Waals surface area contributed by atoms with Gasteiger partial charge in [0.15, 0.2) is 0 Å². The largest absolute Gasteiger partial charge is 0.364 e. The van der Waals surface area contributed by atoms with Gasteiger partial charge in [-0.2, -0.15) is 4.98 Å². The normalized spacial score (nSPS) is 18.4.